The molecule has 4 nitrogen and oxygen atoms in total. The van der Waals surface area contributed by atoms with Crippen LogP contribution in [-0.4, -0.2) is 9.78 Å². The summed E-state index contributed by atoms with van der Waals surface area (Å²) in [5.74, 6) is 0.376. The van der Waals surface area contributed by atoms with E-state index in [1.165, 1.54) is 0 Å². The maximum Gasteiger partial charge on any atom is 0.145 e. The summed E-state index contributed by atoms with van der Waals surface area (Å²) in [4.78, 5) is 0.944. The first kappa shape index (κ1) is 12.5. The Morgan fingerprint density at radius 1 is 1.30 bits per heavy atom. The Bertz CT molecular complexity index is 794. The van der Waals surface area contributed by atoms with Gasteiger partial charge in [0.25, 0.3) is 0 Å². The summed E-state index contributed by atoms with van der Waals surface area (Å²) in [5.41, 5.74) is 9.13. The highest BCUT2D eigenvalue weighted by atomic mass is 32.1. The van der Waals surface area contributed by atoms with E-state index in [2.05, 4.69) is 11.2 Å². The lowest BCUT2D eigenvalue weighted by Crippen LogP contribution is -2.02. The Morgan fingerprint density at radius 3 is 2.80 bits per heavy atom. The second kappa shape index (κ2) is 4.83. The summed E-state index contributed by atoms with van der Waals surface area (Å²) in [5, 5.41) is 15.8. The van der Waals surface area contributed by atoms with E-state index in [-0.39, 0.29) is 0 Å². The van der Waals surface area contributed by atoms with Gasteiger partial charge in [0.15, 0.2) is 0 Å². The second-order valence-electron chi connectivity index (χ2n) is 4.45. The van der Waals surface area contributed by atoms with Gasteiger partial charge in [-0.15, -0.1) is 11.3 Å². The third kappa shape index (κ3) is 1.96. The molecule has 5 heteroatoms. The average Bonchev–Trinajstić information content (AvgIpc) is 3.05. The molecule has 2 heterocycles. The fraction of sp³-hybridized carbons (Fsp3) is 0.0667. The molecule has 3 aromatic rings. The molecule has 0 saturated heterocycles. The first-order chi connectivity index (χ1) is 9.70. The van der Waals surface area contributed by atoms with Crippen LogP contribution >= 0.6 is 11.3 Å². The lowest BCUT2D eigenvalue weighted by Gasteiger charge is -2.04. The Labute approximate surface area is 120 Å². The molecule has 0 atom stereocenters. The van der Waals surface area contributed by atoms with Crippen LogP contribution in [-0.2, 0) is 0 Å². The summed E-state index contributed by atoms with van der Waals surface area (Å²) in [7, 11) is 0. The third-order valence-electron chi connectivity index (χ3n) is 3.03. The number of nitrogens with zero attached hydrogens (tertiary/aromatic N) is 3. The molecule has 3 rings (SSSR count). The minimum atomic E-state index is 0.376. The molecular weight excluding hydrogens is 268 g/mol. The number of anilines is 1. The maximum atomic E-state index is 9.33. The lowest BCUT2D eigenvalue weighted by molar-refractivity contribution is 0.894. The summed E-state index contributed by atoms with van der Waals surface area (Å²) < 4.78 is 1.63. The van der Waals surface area contributed by atoms with Crippen molar-refractivity contribution in [2.45, 2.75) is 6.92 Å². The standard InChI is InChI=1S/C15H12N4S/c1-10-4-2-5-11(8-10)19-15(17)12(9-16)14(18-19)13-6-3-7-20-13/h2-8H,17H2,1H3. The van der Waals surface area contributed by atoms with E-state index in [9.17, 15) is 5.26 Å². The number of nitriles is 1. The number of aryl methyl sites for hydroxylation is 1. The second-order valence-corrected chi connectivity index (χ2v) is 5.40. The fourth-order valence-electron chi connectivity index (χ4n) is 2.08. The van der Waals surface area contributed by atoms with Crippen LogP contribution in [0.3, 0.4) is 0 Å². The van der Waals surface area contributed by atoms with Gasteiger partial charge in [-0.3, -0.25) is 0 Å². The molecule has 0 amide bonds. The van der Waals surface area contributed by atoms with E-state index in [4.69, 9.17) is 5.73 Å². The van der Waals surface area contributed by atoms with E-state index in [1.54, 1.807) is 16.0 Å². The molecule has 0 fully saturated rings. The summed E-state index contributed by atoms with van der Waals surface area (Å²) in [6.07, 6.45) is 0. The zero-order valence-electron chi connectivity index (χ0n) is 10.9. The predicted molar refractivity (Wildman–Crippen MR) is 80.7 cm³/mol. The number of aromatic nitrogens is 2. The maximum absolute atomic E-state index is 9.33. The molecule has 0 aliphatic rings. The quantitative estimate of drug-likeness (QED) is 0.782. The minimum absolute atomic E-state index is 0.376. The molecule has 98 valence electrons. The van der Waals surface area contributed by atoms with Gasteiger partial charge in [0, 0.05) is 0 Å². The predicted octanol–water partition coefficient (Wildman–Crippen LogP) is 3.36. The van der Waals surface area contributed by atoms with Gasteiger partial charge in [-0.1, -0.05) is 18.2 Å². The Balaban J connectivity index is 2.22. The van der Waals surface area contributed by atoms with Crippen LogP contribution in [0, 0.1) is 18.3 Å². The largest absolute Gasteiger partial charge is 0.382 e. The normalized spacial score (nSPS) is 10.4. The SMILES string of the molecule is Cc1cccc(-n2nc(-c3cccs3)c(C#N)c2N)c1. The van der Waals surface area contributed by atoms with Gasteiger partial charge in [0.05, 0.1) is 10.6 Å². The number of nitrogens with two attached hydrogens (primary N) is 1. The average molecular weight is 280 g/mol. The molecule has 2 aromatic heterocycles. The summed E-state index contributed by atoms with van der Waals surface area (Å²) in [6.45, 7) is 2.01. The third-order valence-corrected chi connectivity index (χ3v) is 3.91. The molecule has 20 heavy (non-hydrogen) atoms. The molecule has 0 spiro atoms. The number of benzene rings is 1. The van der Waals surface area contributed by atoms with Gasteiger partial charge < -0.3 is 5.73 Å². The van der Waals surface area contributed by atoms with Crippen molar-refractivity contribution in [3.63, 3.8) is 0 Å². The van der Waals surface area contributed by atoms with Crippen LogP contribution in [0.4, 0.5) is 5.82 Å². The van der Waals surface area contributed by atoms with Crippen molar-refractivity contribution in [3.05, 3.63) is 52.9 Å². The van der Waals surface area contributed by atoms with Gasteiger partial charge >= 0.3 is 0 Å². The van der Waals surface area contributed by atoms with Crippen molar-refractivity contribution < 1.29 is 0 Å². The van der Waals surface area contributed by atoms with E-state index in [1.807, 2.05) is 48.7 Å². The topological polar surface area (TPSA) is 67.6 Å². The van der Waals surface area contributed by atoms with E-state index >= 15 is 0 Å². The van der Waals surface area contributed by atoms with Crippen molar-refractivity contribution in [1.82, 2.24) is 9.78 Å². The Hall–Kier alpha value is -2.58. The van der Waals surface area contributed by atoms with Gasteiger partial charge in [0.1, 0.15) is 23.1 Å². The highest BCUT2D eigenvalue weighted by Crippen LogP contribution is 2.31. The van der Waals surface area contributed by atoms with E-state index in [0.717, 1.165) is 16.1 Å². The van der Waals surface area contributed by atoms with Crippen LogP contribution in [0.15, 0.2) is 41.8 Å². The molecule has 0 bridgehead atoms. The molecule has 1 aromatic carbocycles. The Kier molecular flexibility index (Phi) is 3.01. The molecule has 0 unspecified atom stereocenters. The number of rotatable bonds is 2. The molecule has 0 saturated carbocycles. The van der Waals surface area contributed by atoms with Crippen molar-refractivity contribution in [2.75, 3.05) is 5.73 Å². The van der Waals surface area contributed by atoms with Crippen LogP contribution in [0.25, 0.3) is 16.3 Å². The first-order valence-corrected chi connectivity index (χ1v) is 6.98. The van der Waals surface area contributed by atoms with Gasteiger partial charge in [0.2, 0.25) is 0 Å². The molecular formula is C15H12N4S. The van der Waals surface area contributed by atoms with Crippen LogP contribution < -0.4 is 5.73 Å². The molecule has 0 radical (unpaired) electrons. The Morgan fingerprint density at radius 2 is 2.15 bits per heavy atom. The van der Waals surface area contributed by atoms with Crippen LogP contribution in [0.2, 0.25) is 0 Å². The number of hydrogen-bond donors (Lipinski definition) is 1. The van der Waals surface area contributed by atoms with Crippen molar-refractivity contribution in [1.29, 1.82) is 5.26 Å². The zero-order chi connectivity index (χ0) is 14.1. The van der Waals surface area contributed by atoms with Crippen molar-refractivity contribution >= 4 is 17.2 Å². The monoisotopic (exact) mass is 280 g/mol. The number of nitrogen functional groups attached to an aromatic ring is 1. The molecule has 2 N–H and O–H groups in total. The highest BCUT2D eigenvalue weighted by Gasteiger charge is 2.18. The molecule has 0 aliphatic heterocycles. The zero-order valence-corrected chi connectivity index (χ0v) is 11.7. The summed E-state index contributed by atoms with van der Waals surface area (Å²) in [6, 6.07) is 13.9. The fourth-order valence-corrected chi connectivity index (χ4v) is 2.80. The lowest BCUT2D eigenvalue weighted by atomic mass is 10.2. The van der Waals surface area contributed by atoms with Crippen molar-refractivity contribution in [2.24, 2.45) is 0 Å². The molecule has 0 aliphatic carbocycles. The number of thiophene rings is 1. The van der Waals surface area contributed by atoms with E-state index in [0.29, 0.717) is 17.1 Å². The van der Waals surface area contributed by atoms with Crippen LogP contribution in [0.5, 0.6) is 0 Å². The first-order valence-electron chi connectivity index (χ1n) is 6.10. The highest BCUT2D eigenvalue weighted by molar-refractivity contribution is 7.13. The van der Waals surface area contributed by atoms with Crippen molar-refractivity contribution in [3.8, 4) is 22.3 Å². The van der Waals surface area contributed by atoms with Crippen LogP contribution in [0.1, 0.15) is 11.1 Å². The van der Waals surface area contributed by atoms with Gasteiger partial charge in [-0.25, -0.2) is 4.68 Å². The van der Waals surface area contributed by atoms with Gasteiger partial charge in [-0.2, -0.15) is 10.4 Å². The smallest absolute Gasteiger partial charge is 0.145 e. The van der Waals surface area contributed by atoms with Gasteiger partial charge in [-0.05, 0) is 36.1 Å². The number of hydrogen-bond acceptors (Lipinski definition) is 4. The van der Waals surface area contributed by atoms with E-state index < -0.39 is 0 Å². The minimum Gasteiger partial charge on any atom is -0.382 e. The summed E-state index contributed by atoms with van der Waals surface area (Å²) >= 11 is 1.54.